The number of carbonyl (C=O) groups is 1. The Morgan fingerprint density at radius 2 is 1.85 bits per heavy atom. The average Bonchev–Trinajstić information content (AvgIpc) is 2.48. The van der Waals surface area contributed by atoms with Gasteiger partial charge in [0.2, 0.25) is 0 Å². The molecule has 5 heteroatoms. The van der Waals surface area contributed by atoms with Crippen molar-refractivity contribution in [3.63, 3.8) is 0 Å². The highest BCUT2D eigenvalue weighted by Crippen LogP contribution is 2.40. The minimum absolute atomic E-state index is 0.224. The molecule has 0 bridgehead atoms. The normalized spacial score (nSPS) is 29.4. The zero-order valence-corrected chi connectivity index (χ0v) is 11.2. The van der Waals surface area contributed by atoms with Crippen LogP contribution in [0, 0.1) is 0 Å². The van der Waals surface area contributed by atoms with E-state index in [0.29, 0.717) is 11.8 Å². The molecule has 2 rings (SSSR count). The van der Waals surface area contributed by atoms with Crippen LogP contribution in [0.2, 0.25) is 0 Å². The van der Waals surface area contributed by atoms with Gasteiger partial charge in [0.15, 0.2) is 17.6 Å². The number of rotatable bonds is 4. The minimum atomic E-state index is -2.79. The van der Waals surface area contributed by atoms with Gasteiger partial charge in [0.05, 0.1) is 7.11 Å². The molecular formula is C15H15FO4. The standard InChI is InChI=1S/C15H15FO4/c1-19-13-9-14(10-17,20-2)12(8-15(13,16)18)11-6-4-3-5-7-11/h3-10,18H,1-2H3. The zero-order valence-electron chi connectivity index (χ0n) is 11.2. The number of aliphatic hydroxyl groups is 1. The Labute approximate surface area is 116 Å². The first-order valence-electron chi connectivity index (χ1n) is 5.98. The molecule has 20 heavy (non-hydrogen) atoms. The number of carbonyl (C=O) groups excluding carboxylic acids is 1. The third-order valence-electron chi connectivity index (χ3n) is 3.27. The van der Waals surface area contributed by atoms with Crippen molar-refractivity contribution in [3.05, 3.63) is 53.8 Å². The third kappa shape index (κ3) is 2.26. The van der Waals surface area contributed by atoms with Crippen LogP contribution in [0.1, 0.15) is 5.56 Å². The second kappa shape index (κ2) is 5.19. The highest BCUT2D eigenvalue weighted by Gasteiger charge is 2.45. The van der Waals surface area contributed by atoms with E-state index in [9.17, 15) is 14.3 Å². The first-order chi connectivity index (χ1) is 9.49. The molecule has 0 fully saturated rings. The molecule has 0 aliphatic heterocycles. The molecule has 2 atom stereocenters. The summed E-state index contributed by atoms with van der Waals surface area (Å²) in [6, 6.07) is 8.68. The highest BCUT2D eigenvalue weighted by atomic mass is 19.2. The Kier molecular flexibility index (Phi) is 3.74. The summed E-state index contributed by atoms with van der Waals surface area (Å²) in [5.41, 5.74) is -0.698. The summed E-state index contributed by atoms with van der Waals surface area (Å²) < 4.78 is 24.3. The first-order valence-corrected chi connectivity index (χ1v) is 5.98. The van der Waals surface area contributed by atoms with E-state index in [0.717, 1.165) is 12.2 Å². The number of ether oxygens (including phenoxy) is 2. The lowest BCUT2D eigenvalue weighted by atomic mass is 9.82. The molecule has 0 heterocycles. The van der Waals surface area contributed by atoms with Crippen LogP contribution in [0.3, 0.4) is 0 Å². The van der Waals surface area contributed by atoms with Crippen molar-refractivity contribution in [2.24, 2.45) is 0 Å². The highest BCUT2D eigenvalue weighted by molar-refractivity contribution is 5.93. The van der Waals surface area contributed by atoms with E-state index in [1.807, 2.05) is 0 Å². The van der Waals surface area contributed by atoms with Crippen LogP contribution in [0.15, 0.2) is 48.2 Å². The number of halogens is 1. The molecule has 0 aromatic heterocycles. The fourth-order valence-corrected chi connectivity index (χ4v) is 2.19. The Bertz CT molecular complexity index is 562. The van der Waals surface area contributed by atoms with Crippen molar-refractivity contribution in [2.45, 2.75) is 11.5 Å². The number of hydrogen-bond acceptors (Lipinski definition) is 4. The maximum absolute atomic E-state index is 14.2. The Balaban J connectivity index is 2.64. The largest absolute Gasteiger partial charge is 0.495 e. The first kappa shape index (κ1) is 14.4. The molecule has 4 nitrogen and oxygen atoms in total. The molecule has 1 aliphatic carbocycles. The number of benzene rings is 1. The topological polar surface area (TPSA) is 55.8 Å². The fraction of sp³-hybridized carbons (Fsp3) is 0.267. The smallest absolute Gasteiger partial charge is 0.284 e. The summed E-state index contributed by atoms with van der Waals surface area (Å²) in [5, 5.41) is 9.78. The van der Waals surface area contributed by atoms with Gasteiger partial charge in [-0.1, -0.05) is 30.3 Å². The van der Waals surface area contributed by atoms with Crippen LogP contribution in [0.4, 0.5) is 4.39 Å². The quantitative estimate of drug-likeness (QED) is 0.854. The van der Waals surface area contributed by atoms with Crippen molar-refractivity contribution in [2.75, 3.05) is 14.2 Å². The van der Waals surface area contributed by atoms with Crippen molar-refractivity contribution in [3.8, 4) is 0 Å². The molecule has 1 aliphatic rings. The second-order valence-electron chi connectivity index (χ2n) is 4.43. The van der Waals surface area contributed by atoms with E-state index >= 15 is 0 Å². The van der Waals surface area contributed by atoms with Gasteiger partial charge in [-0.15, -0.1) is 0 Å². The molecule has 0 spiro atoms. The molecule has 0 radical (unpaired) electrons. The van der Waals surface area contributed by atoms with Crippen LogP contribution in [-0.4, -0.2) is 37.1 Å². The van der Waals surface area contributed by atoms with Crippen LogP contribution >= 0.6 is 0 Å². The molecule has 1 aromatic carbocycles. The number of methoxy groups -OCH3 is 2. The minimum Gasteiger partial charge on any atom is -0.495 e. The Morgan fingerprint density at radius 1 is 1.20 bits per heavy atom. The average molecular weight is 278 g/mol. The molecule has 1 N–H and O–H groups in total. The molecule has 0 saturated heterocycles. The lowest BCUT2D eigenvalue weighted by Crippen LogP contribution is -2.41. The third-order valence-corrected chi connectivity index (χ3v) is 3.27. The summed E-state index contributed by atoms with van der Waals surface area (Å²) in [6.45, 7) is 0. The SMILES string of the molecule is COC1=CC(C=O)(OC)C(c2ccccc2)=CC1(O)F. The van der Waals surface area contributed by atoms with E-state index in [1.54, 1.807) is 30.3 Å². The predicted octanol–water partition coefficient (Wildman–Crippen LogP) is 1.86. The molecule has 106 valence electrons. The number of hydrogen-bond donors (Lipinski definition) is 1. The van der Waals surface area contributed by atoms with Gasteiger partial charge in [-0.2, -0.15) is 4.39 Å². The van der Waals surface area contributed by atoms with Gasteiger partial charge in [-0.05, 0) is 11.6 Å². The van der Waals surface area contributed by atoms with Gasteiger partial charge in [0.25, 0.3) is 5.85 Å². The van der Waals surface area contributed by atoms with E-state index in [-0.39, 0.29) is 11.3 Å². The fourth-order valence-electron chi connectivity index (χ4n) is 2.19. The van der Waals surface area contributed by atoms with Crippen molar-refractivity contribution < 1.29 is 23.8 Å². The van der Waals surface area contributed by atoms with Crippen molar-refractivity contribution in [1.82, 2.24) is 0 Å². The maximum Gasteiger partial charge on any atom is 0.284 e. The lowest BCUT2D eigenvalue weighted by Gasteiger charge is -2.34. The van der Waals surface area contributed by atoms with Gasteiger partial charge >= 0.3 is 0 Å². The van der Waals surface area contributed by atoms with E-state index < -0.39 is 11.5 Å². The molecular weight excluding hydrogens is 263 g/mol. The van der Waals surface area contributed by atoms with E-state index in [4.69, 9.17) is 9.47 Å². The van der Waals surface area contributed by atoms with Gasteiger partial charge in [-0.3, -0.25) is 4.79 Å². The second-order valence-corrected chi connectivity index (χ2v) is 4.43. The van der Waals surface area contributed by atoms with E-state index in [2.05, 4.69) is 0 Å². The molecule has 0 amide bonds. The summed E-state index contributed by atoms with van der Waals surface area (Å²) in [5.74, 6) is -3.17. The van der Waals surface area contributed by atoms with Gasteiger partial charge in [0.1, 0.15) is 0 Å². The lowest BCUT2D eigenvalue weighted by molar-refractivity contribution is -0.119. The van der Waals surface area contributed by atoms with Gasteiger partial charge in [0, 0.05) is 18.8 Å². The van der Waals surface area contributed by atoms with Crippen molar-refractivity contribution in [1.29, 1.82) is 0 Å². The van der Waals surface area contributed by atoms with Crippen LogP contribution in [0.5, 0.6) is 0 Å². The summed E-state index contributed by atoms with van der Waals surface area (Å²) >= 11 is 0. The van der Waals surface area contributed by atoms with E-state index in [1.165, 1.54) is 14.2 Å². The zero-order chi connectivity index (χ0) is 14.8. The van der Waals surface area contributed by atoms with Gasteiger partial charge < -0.3 is 14.6 Å². The maximum atomic E-state index is 14.2. The predicted molar refractivity (Wildman–Crippen MR) is 71.4 cm³/mol. The molecule has 0 saturated carbocycles. The monoisotopic (exact) mass is 278 g/mol. The van der Waals surface area contributed by atoms with Crippen LogP contribution < -0.4 is 0 Å². The Morgan fingerprint density at radius 3 is 2.35 bits per heavy atom. The summed E-state index contributed by atoms with van der Waals surface area (Å²) in [4.78, 5) is 11.5. The Hall–Kier alpha value is -1.98. The summed E-state index contributed by atoms with van der Waals surface area (Å²) in [6.07, 6.45) is 2.61. The van der Waals surface area contributed by atoms with Crippen LogP contribution in [0.25, 0.3) is 5.57 Å². The molecule has 2 unspecified atom stereocenters. The van der Waals surface area contributed by atoms with Crippen molar-refractivity contribution >= 4 is 11.9 Å². The van der Waals surface area contributed by atoms with Crippen LogP contribution in [-0.2, 0) is 14.3 Å². The summed E-state index contributed by atoms with van der Waals surface area (Å²) in [7, 11) is 2.54. The number of aldehydes is 1. The van der Waals surface area contributed by atoms with Gasteiger partial charge in [-0.25, -0.2) is 0 Å². The molecule has 1 aromatic rings. The number of alkyl halides is 1.